The number of aliphatic hydroxyl groups excluding tert-OH is 1. The van der Waals surface area contributed by atoms with Gasteiger partial charge in [-0.3, -0.25) is 4.98 Å². The van der Waals surface area contributed by atoms with Crippen LogP contribution in [0.25, 0.3) is 0 Å². The van der Waals surface area contributed by atoms with E-state index in [0.29, 0.717) is 0 Å². The van der Waals surface area contributed by atoms with Gasteiger partial charge in [-0.1, -0.05) is 12.5 Å². The zero-order valence-electron chi connectivity index (χ0n) is 10.5. The van der Waals surface area contributed by atoms with Crippen LogP contribution in [-0.2, 0) is 0 Å². The zero-order chi connectivity index (χ0) is 11.8. The molecule has 2 aliphatic rings. The fraction of sp³-hybridized carbons (Fsp3) is 0.667. The summed E-state index contributed by atoms with van der Waals surface area (Å²) in [5.74, 6) is 2.62. The Morgan fingerprint density at radius 1 is 1.35 bits per heavy atom. The van der Waals surface area contributed by atoms with Crippen molar-refractivity contribution in [1.82, 2.24) is 4.98 Å². The fourth-order valence-electron chi connectivity index (χ4n) is 3.76. The van der Waals surface area contributed by atoms with Crippen molar-refractivity contribution in [3.63, 3.8) is 0 Å². The van der Waals surface area contributed by atoms with Gasteiger partial charge in [-0.15, -0.1) is 0 Å². The Morgan fingerprint density at radius 2 is 2.24 bits per heavy atom. The molecule has 17 heavy (non-hydrogen) atoms. The Kier molecular flexibility index (Phi) is 2.91. The minimum absolute atomic E-state index is 0.313. The first-order valence-corrected chi connectivity index (χ1v) is 6.83. The molecule has 0 aromatic carbocycles. The molecule has 1 N–H and O–H groups in total. The summed E-state index contributed by atoms with van der Waals surface area (Å²) < 4.78 is 0. The van der Waals surface area contributed by atoms with Crippen LogP contribution in [-0.4, -0.2) is 10.1 Å². The minimum atomic E-state index is -0.313. The van der Waals surface area contributed by atoms with E-state index >= 15 is 0 Å². The van der Waals surface area contributed by atoms with E-state index in [1.165, 1.54) is 25.7 Å². The molecule has 2 bridgehead atoms. The number of aryl methyl sites for hydroxylation is 1. The van der Waals surface area contributed by atoms with E-state index < -0.39 is 0 Å². The second-order valence-electron chi connectivity index (χ2n) is 5.92. The van der Waals surface area contributed by atoms with Crippen molar-refractivity contribution in [2.45, 2.75) is 45.1 Å². The topological polar surface area (TPSA) is 33.1 Å². The van der Waals surface area contributed by atoms with Gasteiger partial charge in [0.15, 0.2) is 0 Å². The summed E-state index contributed by atoms with van der Waals surface area (Å²) in [7, 11) is 0. The average Bonchev–Trinajstić information content (AvgIpc) is 2.91. The molecule has 0 spiro atoms. The molecular weight excluding hydrogens is 210 g/mol. The SMILES string of the molecule is Cc1ccc(C(O)CC2CC3CCC2C3)cn1. The smallest absolute Gasteiger partial charge is 0.0807 e. The summed E-state index contributed by atoms with van der Waals surface area (Å²) in [6.45, 7) is 1.98. The standard InChI is InChI=1S/C15H21NO/c1-10-2-4-13(9-16-10)15(17)8-14-7-11-3-5-12(14)6-11/h2,4,9,11-12,14-15,17H,3,5-8H2,1H3. The average molecular weight is 231 g/mol. The number of hydrogen-bond donors (Lipinski definition) is 1. The van der Waals surface area contributed by atoms with Crippen LogP contribution >= 0.6 is 0 Å². The molecule has 0 radical (unpaired) electrons. The molecule has 2 fully saturated rings. The highest BCUT2D eigenvalue weighted by Gasteiger charge is 2.40. The molecule has 4 atom stereocenters. The van der Waals surface area contributed by atoms with E-state index in [-0.39, 0.29) is 6.10 Å². The van der Waals surface area contributed by atoms with Gasteiger partial charge in [0.05, 0.1) is 6.10 Å². The summed E-state index contributed by atoms with van der Waals surface area (Å²) in [6, 6.07) is 4.00. The quantitative estimate of drug-likeness (QED) is 0.866. The third kappa shape index (κ3) is 2.23. The van der Waals surface area contributed by atoms with E-state index in [1.54, 1.807) is 0 Å². The Labute approximate surface area is 103 Å². The number of pyridine rings is 1. The summed E-state index contributed by atoms with van der Waals surface area (Å²) >= 11 is 0. The Bertz CT molecular complexity index is 386. The van der Waals surface area contributed by atoms with Crippen LogP contribution in [0.4, 0.5) is 0 Å². The highest BCUT2D eigenvalue weighted by molar-refractivity contribution is 5.16. The van der Waals surface area contributed by atoms with Crippen LogP contribution in [0.1, 0.15) is 49.5 Å². The van der Waals surface area contributed by atoms with Crippen LogP contribution in [0.5, 0.6) is 0 Å². The molecule has 2 aliphatic carbocycles. The lowest BCUT2D eigenvalue weighted by molar-refractivity contribution is 0.125. The van der Waals surface area contributed by atoms with E-state index in [9.17, 15) is 5.11 Å². The molecule has 2 nitrogen and oxygen atoms in total. The van der Waals surface area contributed by atoms with Crippen molar-refractivity contribution < 1.29 is 5.11 Å². The third-order valence-corrected chi connectivity index (χ3v) is 4.73. The van der Waals surface area contributed by atoms with Crippen LogP contribution in [0.2, 0.25) is 0 Å². The normalized spacial score (nSPS) is 32.9. The molecule has 0 aliphatic heterocycles. The predicted octanol–water partition coefficient (Wildman–Crippen LogP) is 3.25. The van der Waals surface area contributed by atoms with Crippen molar-refractivity contribution >= 4 is 0 Å². The van der Waals surface area contributed by atoms with Gasteiger partial charge < -0.3 is 5.11 Å². The molecule has 0 amide bonds. The second kappa shape index (κ2) is 4.41. The molecule has 92 valence electrons. The molecule has 0 saturated heterocycles. The van der Waals surface area contributed by atoms with Gasteiger partial charge >= 0.3 is 0 Å². The van der Waals surface area contributed by atoms with Gasteiger partial charge in [-0.05, 0) is 62.0 Å². The van der Waals surface area contributed by atoms with E-state index in [2.05, 4.69) is 4.98 Å². The minimum Gasteiger partial charge on any atom is -0.388 e. The van der Waals surface area contributed by atoms with E-state index in [1.807, 2.05) is 25.3 Å². The third-order valence-electron chi connectivity index (χ3n) is 4.73. The van der Waals surface area contributed by atoms with Gasteiger partial charge in [0, 0.05) is 11.9 Å². The predicted molar refractivity (Wildman–Crippen MR) is 67.5 cm³/mol. The summed E-state index contributed by atoms with van der Waals surface area (Å²) in [5.41, 5.74) is 2.00. The molecule has 2 heteroatoms. The number of aromatic nitrogens is 1. The number of fused-ring (bicyclic) bond motifs is 2. The summed E-state index contributed by atoms with van der Waals surface area (Å²) in [6.07, 6.45) is 8.05. The number of rotatable bonds is 3. The Morgan fingerprint density at radius 3 is 2.82 bits per heavy atom. The zero-order valence-corrected chi connectivity index (χ0v) is 10.5. The lowest BCUT2D eigenvalue weighted by Gasteiger charge is -2.24. The van der Waals surface area contributed by atoms with Gasteiger partial charge in [0.2, 0.25) is 0 Å². The first-order valence-electron chi connectivity index (χ1n) is 6.83. The lowest BCUT2D eigenvalue weighted by Crippen LogP contribution is -2.14. The first-order chi connectivity index (χ1) is 8.22. The van der Waals surface area contributed by atoms with Crippen LogP contribution in [0.15, 0.2) is 18.3 Å². The molecule has 1 aromatic rings. The molecule has 3 rings (SSSR count). The maximum absolute atomic E-state index is 10.3. The molecule has 2 saturated carbocycles. The number of nitrogens with zero attached hydrogens (tertiary/aromatic N) is 1. The van der Waals surface area contributed by atoms with Gasteiger partial charge in [-0.2, -0.15) is 0 Å². The van der Waals surface area contributed by atoms with Crippen molar-refractivity contribution in [3.05, 3.63) is 29.6 Å². The number of aliphatic hydroxyl groups is 1. The maximum atomic E-state index is 10.3. The highest BCUT2D eigenvalue weighted by atomic mass is 16.3. The molecular formula is C15H21NO. The monoisotopic (exact) mass is 231 g/mol. The highest BCUT2D eigenvalue weighted by Crippen LogP contribution is 2.50. The van der Waals surface area contributed by atoms with Crippen molar-refractivity contribution in [3.8, 4) is 0 Å². The Hall–Kier alpha value is -0.890. The fourth-order valence-corrected chi connectivity index (χ4v) is 3.76. The second-order valence-corrected chi connectivity index (χ2v) is 5.92. The van der Waals surface area contributed by atoms with Crippen molar-refractivity contribution in [2.75, 3.05) is 0 Å². The van der Waals surface area contributed by atoms with Gasteiger partial charge in [0.25, 0.3) is 0 Å². The van der Waals surface area contributed by atoms with Crippen LogP contribution < -0.4 is 0 Å². The molecule has 4 unspecified atom stereocenters. The molecule has 1 aromatic heterocycles. The summed E-state index contributed by atoms with van der Waals surface area (Å²) in [4.78, 5) is 4.26. The largest absolute Gasteiger partial charge is 0.388 e. The number of hydrogen-bond acceptors (Lipinski definition) is 2. The summed E-state index contributed by atoms with van der Waals surface area (Å²) in [5, 5.41) is 10.3. The van der Waals surface area contributed by atoms with Crippen LogP contribution in [0, 0.1) is 24.7 Å². The lowest BCUT2D eigenvalue weighted by atomic mass is 9.84. The molecule has 1 heterocycles. The van der Waals surface area contributed by atoms with Gasteiger partial charge in [-0.25, -0.2) is 0 Å². The Balaban J connectivity index is 1.63. The maximum Gasteiger partial charge on any atom is 0.0807 e. The van der Waals surface area contributed by atoms with Gasteiger partial charge in [0.1, 0.15) is 0 Å². The van der Waals surface area contributed by atoms with E-state index in [4.69, 9.17) is 0 Å². The van der Waals surface area contributed by atoms with Crippen molar-refractivity contribution in [2.24, 2.45) is 17.8 Å². The van der Waals surface area contributed by atoms with Crippen molar-refractivity contribution in [1.29, 1.82) is 0 Å². The van der Waals surface area contributed by atoms with E-state index in [0.717, 1.165) is 35.4 Å². The first kappa shape index (κ1) is 11.2. The van der Waals surface area contributed by atoms with Crippen LogP contribution in [0.3, 0.4) is 0 Å².